The maximum absolute atomic E-state index is 16.8. The van der Waals surface area contributed by atoms with Gasteiger partial charge in [-0.05, 0) is 81.6 Å². The van der Waals surface area contributed by atoms with Crippen molar-refractivity contribution >= 4 is 45.7 Å². The van der Waals surface area contributed by atoms with Crippen LogP contribution in [0.5, 0.6) is 0 Å². The number of benzene rings is 2. The van der Waals surface area contributed by atoms with Gasteiger partial charge in [0.2, 0.25) is 23.1 Å². The van der Waals surface area contributed by atoms with Crippen LogP contribution in [0.1, 0.15) is 92.3 Å². The van der Waals surface area contributed by atoms with Crippen LogP contribution < -0.4 is 22.7 Å². The first kappa shape index (κ1) is 42.0. The van der Waals surface area contributed by atoms with Gasteiger partial charge >= 0.3 is 11.8 Å². The number of alkyl halides is 4. The van der Waals surface area contributed by atoms with E-state index < -0.39 is 65.7 Å². The number of amides is 4. The summed E-state index contributed by atoms with van der Waals surface area (Å²) in [4.78, 5) is 60.1. The predicted molar refractivity (Wildman–Crippen MR) is 208 cm³/mol. The molecule has 0 saturated heterocycles. The van der Waals surface area contributed by atoms with Gasteiger partial charge in [0.1, 0.15) is 11.4 Å². The van der Waals surface area contributed by atoms with Crippen LogP contribution in [0, 0.1) is 13.8 Å². The fourth-order valence-electron chi connectivity index (χ4n) is 7.15. The second-order valence-electron chi connectivity index (χ2n) is 14.6. The Labute approximate surface area is 334 Å². The minimum atomic E-state index is -4.89. The number of aryl methyl sites for hydroxylation is 6. The monoisotopic (exact) mass is 820 g/mol. The average molecular weight is 821 g/mol. The molecule has 0 aliphatic rings. The Morgan fingerprint density at radius 1 is 0.678 bits per heavy atom. The number of carbonyl (C=O) groups is 4. The molecule has 0 bridgehead atoms. The summed E-state index contributed by atoms with van der Waals surface area (Å²) < 4.78 is 73.8. The molecule has 0 atom stereocenters. The van der Waals surface area contributed by atoms with Crippen LogP contribution >= 0.6 is 0 Å². The molecule has 20 heteroatoms. The number of hydrogen-bond donors (Lipinski definition) is 2. The number of carbonyl (C=O) groups excluding carboxylic acids is 4. The van der Waals surface area contributed by atoms with E-state index >= 15 is 17.6 Å². The lowest BCUT2D eigenvalue weighted by Gasteiger charge is -2.28. The molecule has 6 aromatic rings. The lowest BCUT2D eigenvalue weighted by atomic mass is 9.98. The zero-order chi connectivity index (χ0) is 43.5. The highest BCUT2D eigenvalue weighted by atomic mass is 19.3. The van der Waals surface area contributed by atoms with E-state index in [0.29, 0.717) is 17.0 Å². The minimum absolute atomic E-state index is 0.00400. The predicted octanol–water partition coefficient (Wildman–Crippen LogP) is 4.10. The number of aromatic nitrogens is 8. The smallest absolute Gasteiger partial charge is 0.329 e. The van der Waals surface area contributed by atoms with Gasteiger partial charge in [0.05, 0.1) is 46.5 Å². The van der Waals surface area contributed by atoms with Crippen LogP contribution in [-0.4, -0.2) is 73.3 Å². The lowest BCUT2D eigenvalue weighted by Crippen LogP contribution is -2.49. The summed E-state index contributed by atoms with van der Waals surface area (Å²) in [5.41, 5.74) is 11.9. The quantitative estimate of drug-likeness (QED) is 0.174. The minimum Gasteiger partial charge on any atom is -0.366 e. The Morgan fingerprint density at radius 2 is 1.14 bits per heavy atom. The number of rotatable bonds is 12. The van der Waals surface area contributed by atoms with E-state index in [1.807, 2.05) is 0 Å². The first-order valence-electron chi connectivity index (χ1n) is 18.6. The Morgan fingerprint density at radius 3 is 1.61 bits per heavy atom. The molecule has 0 spiro atoms. The van der Waals surface area contributed by atoms with Crippen LogP contribution in [0.2, 0.25) is 0 Å². The molecular weight excluding hydrogens is 777 g/mol. The average Bonchev–Trinajstić information content (AvgIpc) is 3.89. The molecule has 4 heterocycles. The van der Waals surface area contributed by atoms with E-state index in [2.05, 4.69) is 20.2 Å². The van der Waals surface area contributed by atoms with Gasteiger partial charge in [-0.15, -0.1) is 0 Å². The maximum Gasteiger partial charge on any atom is 0.329 e. The Kier molecular flexibility index (Phi) is 10.9. The van der Waals surface area contributed by atoms with Crippen LogP contribution in [0.4, 0.5) is 17.6 Å². The van der Waals surface area contributed by atoms with Crippen LogP contribution in [0.15, 0.2) is 52.4 Å². The molecule has 0 unspecified atom stereocenters. The van der Waals surface area contributed by atoms with Gasteiger partial charge < -0.3 is 29.7 Å². The van der Waals surface area contributed by atoms with Crippen LogP contribution in [0.25, 0.3) is 22.1 Å². The van der Waals surface area contributed by atoms with Crippen molar-refractivity contribution in [2.24, 2.45) is 35.5 Å². The second kappa shape index (κ2) is 15.3. The maximum atomic E-state index is 16.8. The van der Waals surface area contributed by atoms with E-state index in [1.54, 1.807) is 41.5 Å². The molecule has 0 aliphatic heterocycles. The first-order valence-corrected chi connectivity index (χ1v) is 18.6. The Bertz CT molecular complexity index is 2850. The molecular formula is C39H44F4N12O4. The fourth-order valence-corrected chi connectivity index (χ4v) is 7.15. The van der Waals surface area contributed by atoms with Crippen molar-refractivity contribution in [2.75, 3.05) is 0 Å². The standard InChI is InChI=1S/C39H44F4N12O4/c1-9-54-29(13-21(5)48-54)34(58)46-36-50(7)27-16-23(32(44)56)11-12-26(27)52(36)18-38(40,41)39(42,43)19-53-31-25(20(3)4)15-24(33(45)57)17-28(31)51(8)37(53)47-35(59)30-14-22(6)49-55(30)10-2/h11-17,20H,9-10,18-19H2,1-8H3,(H2,44,56)(H2,45,57). The molecule has 16 nitrogen and oxygen atoms in total. The number of imidazole rings is 2. The number of hydrogen-bond acceptors (Lipinski definition) is 6. The normalized spacial score (nSPS) is 13.1. The van der Waals surface area contributed by atoms with Gasteiger partial charge in [0, 0.05) is 38.3 Å². The SMILES string of the molecule is CCn1nc(C)cc1C(=O)N=c1n(C)c2cc(C(N)=O)ccc2n1CC(F)(F)C(F)(F)Cn1c(=NC(=O)c2cc(C)nn2CC)n(C)c2cc(C(N)=O)cc(C(C)C)c21. The highest BCUT2D eigenvalue weighted by molar-refractivity contribution is 5.98. The van der Waals surface area contributed by atoms with Crippen molar-refractivity contribution < 1.29 is 36.7 Å². The molecule has 0 aliphatic carbocycles. The van der Waals surface area contributed by atoms with Crippen LogP contribution in [-0.2, 0) is 40.3 Å². The van der Waals surface area contributed by atoms with E-state index in [1.165, 1.54) is 75.1 Å². The van der Waals surface area contributed by atoms with Crippen molar-refractivity contribution in [1.29, 1.82) is 0 Å². The summed E-state index contributed by atoms with van der Waals surface area (Å²) in [5, 5.41) is 8.50. The van der Waals surface area contributed by atoms with Crippen molar-refractivity contribution in [3.8, 4) is 0 Å². The number of halogens is 4. The third-order valence-corrected chi connectivity index (χ3v) is 10.1. The molecule has 4 amide bonds. The summed E-state index contributed by atoms with van der Waals surface area (Å²) >= 11 is 0. The number of primary amides is 2. The van der Waals surface area contributed by atoms with Gasteiger partial charge in [0.15, 0.2) is 0 Å². The third-order valence-electron chi connectivity index (χ3n) is 10.1. The molecule has 0 saturated carbocycles. The molecule has 4 N–H and O–H groups in total. The van der Waals surface area contributed by atoms with Gasteiger partial charge in [-0.2, -0.15) is 37.7 Å². The number of nitrogens with two attached hydrogens (primary N) is 2. The van der Waals surface area contributed by atoms with E-state index in [4.69, 9.17) is 11.5 Å². The second-order valence-corrected chi connectivity index (χ2v) is 14.6. The van der Waals surface area contributed by atoms with Gasteiger partial charge in [-0.25, -0.2) is 0 Å². The molecule has 6 rings (SSSR count). The van der Waals surface area contributed by atoms with Crippen molar-refractivity contribution in [1.82, 2.24) is 37.8 Å². The third kappa shape index (κ3) is 7.49. The highest BCUT2D eigenvalue weighted by Gasteiger charge is 2.57. The zero-order valence-corrected chi connectivity index (χ0v) is 33.7. The highest BCUT2D eigenvalue weighted by Crippen LogP contribution is 2.39. The topological polar surface area (TPSA) is 200 Å². The molecule has 4 aromatic heterocycles. The van der Waals surface area contributed by atoms with Crippen LogP contribution in [0.3, 0.4) is 0 Å². The summed E-state index contributed by atoms with van der Waals surface area (Å²) in [6.07, 6.45) is 0. The van der Waals surface area contributed by atoms with Crippen molar-refractivity contribution in [3.05, 3.63) is 93.2 Å². The summed E-state index contributed by atoms with van der Waals surface area (Å²) in [5.74, 6) is -13.6. The zero-order valence-electron chi connectivity index (χ0n) is 33.7. The van der Waals surface area contributed by atoms with Gasteiger partial charge in [0.25, 0.3) is 11.8 Å². The fraction of sp³-hybridized carbons (Fsp3) is 0.385. The molecule has 2 aromatic carbocycles. The largest absolute Gasteiger partial charge is 0.366 e. The number of nitrogens with zero attached hydrogens (tertiary/aromatic N) is 10. The van der Waals surface area contributed by atoms with Gasteiger partial charge in [-0.1, -0.05) is 13.8 Å². The van der Waals surface area contributed by atoms with Gasteiger partial charge in [-0.3, -0.25) is 28.5 Å². The molecule has 59 heavy (non-hydrogen) atoms. The van der Waals surface area contributed by atoms with E-state index in [9.17, 15) is 19.2 Å². The van der Waals surface area contributed by atoms with Crippen molar-refractivity contribution in [3.63, 3.8) is 0 Å². The molecule has 312 valence electrons. The van der Waals surface area contributed by atoms with E-state index in [-0.39, 0.29) is 57.7 Å². The van der Waals surface area contributed by atoms with Crippen molar-refractivity contribution in [2.45, 2.75) is 85.5 Å². The molecule has 0 fully saturated rings. The first-order chi connectivity index (χ1) is 27.6. The Hall–Kier alpha value is -6.60. The lowest BCUT2D eigenvalue weighted by molar-refractivity contribution is -0.221. The number of fused-ring (bicyclic) bond motifs is 2. The summed E-state index contributed by atoms with van der Waals surface area (Å²) in [6, 6.07) is 9.42. The van der Waals surface area contributed by atoms with E-state index in [0.717, 1.165) is 9.13 Å². The summed E-state index contributed by atoms with van der Waals surface area (Å²) in [7, 11) is 2.78. The Balaban J connectivity index is 1.56. The summed E-state index contributed by atoms with van der Waals surface area (Å²) in [6.45, 7) is 7.39. The molecule has 0 radical (unpaired) electrons.